The number of carbonyl (C=O) groups excluding carboxylic acids is 2. The van der Waals surface area contributed by atoms with Crippen LogP contribution >= 0.6 is 0 Å². The van der Waals surface area contributed by atoms with E-state index in [0.717, 1.165) is 0 Å². The minimum atomic E-state index is -2.54. The zero-order valence-electron chi connectivity index (χ0n) is 17.6. The molecule has 5 rings (SSSR count). The van der Waals surface area contributed by atoms with E-state index in [1.807, 2.05) is 0 Å². The number of hydrogen-bond acceptors (Lipinski definition) is 9. The Morgan fingerprint density at radius 2 is 1.88 bits per heavy atom. The molecule has 32 heavy (non-hydrogen) atoms. The first-order valence-electron chi connectivity index (χ1n) is 10.2. The number of aliphatic hydroxyl groups is 4. The van der Waals surface area contributed by atoms with E-state index in [0.29, 0.717) is 5.56 Å². The quantitative estimate of drug-likeness (QED) is 0.333. The van der Waals surface area contributed by atoms with Crippen LogP contribution in [0.5, 0.6) is 5.75 Å². The predicted molar refractivity (Wildman–Crippen MR) is 109 cm³/mol. The largest absolute Gasteiger partial charge is 0.510 e. The summed E-state index contributed by atoms with van der Waals surface area (Å²) in [6.07, 6.45) is -1.37. The van der Waals surface area contributed by atoms with Gasteiger partial charge in [0.1, 0.15) is 22.8 Å². The lowest BCUT2D eigenvalue weighted by molar-refractivity contribution is -0.136. The Morgan fingerprint density at radius 1 is 1.22 bits per heavy atom. The Labute approximate surface area is 182 Å². The fourth-order valence-corrected chi connectivity index (χ4v) is 6.17. The highest BCUT2D eigenvalue weighted by atomic mass is 16.8. The first-order chi connectivity index (χ1) is 14.9. The number of nitrogens with two attached hydrogens (primary N) is 1. The number of aromatic hydroxyl groups is 1. The maximum absolute atomic E-state index is 13.9. The molecule has 7 atom stereocenters. The van der Waals surface area contributed by atoms with E-state index in [1.54, 1.807) is 33.2 Å². The maximum atomic E-state index is 13.9. The number of phenolic OH excluding ortho intramolecular Hbond substituents is 1. The highest BCUT2D eigenvalue weighted by Crippen LogP contribution is 2.68. The van der Waals surface area contributed by atoms with Gasteiger partial charge in [-0.25, -0.2) is 0 Å². The minimum absolute atomic E-state index is 0.0688. The lowest BCUT2D eigenvalue weighted by atomic mass is 9.55. The lowest BCUT2D eigenvalue weighted by Gasteiger charge is -2.50. The number of likely N-dealkylation sites (N-methyl/N-ethyl adjacent to an activating group) is 1. The Kier molecular flexibility index (Phi) is 4.00. The molecule has 1 saturated heterocycles. The van der Waals surface area contributed by atoms with Gasteiger partial charge in [-0.15, -0.1) is 0 Å². The summed E-state index contributed by atoms with van der Waals surface area (Å²) in [7, 11) is 3.16. The van der Waals surface area contributed by atoms with Gasteiger partial charge >= 0.3 is 0 Å². The van der Waals surface area contributed by atoms with E-state index in [2.05, 4.69) is 0 Å². The average molecular weight is 444 g/mol. The van der Waals surface area contributed by atoms with Crippen LogP contribution in [0.3, 0.4) is 0 Å². The van der Waals surface area contributed by atoms with Gasteiger partial charge in [0.15, 0.2) is 5.60 Å². The molecular formula is C22H24N2O8. The van der Waals surface area contributed by atoms with Crippen LogP contribution in [-0.4, -0.2) is 79.8 Å². The van der Waals surface area contributed by atoms with Crippen LogP contribution in [0.4, 0.5) is 0 Å². The van der Waals surface area contributed by atoms with E-state index >= 15 is 0 Å². The van der Waals surface area contributed by atoms with Crippen molar-refractivity contribution >= 4 is 17.4 Å². The molecular weight excluding hydrogens is 420 g/mol. The Hall–Kier alpha value is -2.92. The predicted octanol–water partition coefficient (Wildman–Crippen LogP) is -0.347. The molecule has 1 spiro atoms. The van der Waals surface area contributed by atoms with Crippen molar-refractivity contribution in [3.05, 3.63) is 46.2 Å². The number of epoxide rings is 1. The smallest absolute Gasteiger partial charge is 0.253 e. The van der Waals surface area contributed by atoms with Gasteiger partial charge in [-0.3, -0.25) is 14.5 Å². The number of Topliss-reactive ketones (excluding diaryl/α,β-unsaturated/α-hetero) is 1. The molecule has 10 heteroatoms. The second-order valence-electron chi connectivity index (χ2n) is 9.18. The van der Waals surface area contributed by atoms with Crippen molar-refractivity contribution in [1.82, 2.24) is 4.90 Å². The van der Waals surface area contributed by atoms with Crippen LogP contribution in [0.25, 0.3) is 5.76 Å². The average Bonchev–Trinajstić information content (AvgIpc) is 3.33. The Balaban J connectivity index is 1.80. The molecule has 1 aromatic rings. The number of nitrogens with zero attached hydrogens (tertiary/aromatic N) is 1. The number of rotatable bonds is 2. The molecule has 3 aliphatic carbocycles. The number of phenols is 1. The third-order valence-corrected chi connectivity index (χ3v) is 7.50. The van der Waals surface area contributed by atoms with Gasteiger partial charge in [0, 0.05) is 11.5 Å². The SMILES string of the molecule is CC1c2cccc(O)c2C(O)=C2C(=O)C34OC3(O)C(C(N)=O)=C(O)C(N(C)C)C4C(O)C21. The molecule has 10 nitrogen and oxygen atoms in total. The molecule has 1 heterocycles. The second kappa shape index (κ2) is 6.10. The number of hydrogen-bond donors (Lipinski definition) is 6. The summed E-state index contributed by atoms with van der Waals surface area (Å²) < 4.78 is 5.51. The van der Waals surface area contributed by atoms with Crippen molar-refractivity contribution in [2.24, 2.45) is 17.6 Å². The maximum Gasteiger partial charge on any atom is 0.253 e. The molecule has 1 saturated carbocycles. The van der Waals surface area contributed by atoms with Gasteiger partial charge in [-0.2, -0.15) is 0 Å². The minimum Gasteiger partial charge on any atom is -0.510 e. The highest BCUT2D eigenvalue weighted by molar-refractivity contribution is 6.14. The van der Waals surface area contributed by atoms with Crippen molar-refractivity contribution in [3.63, 3.8) is 0 Å². The fourth-order valence-electron chi connectivity index (χ4n) is 6.17. The standard InChI is InChI=1S/C22H24N2O8/c1-7-8-5-4-6-9(25)11(8)16(26)12-10(7)17(27)13-15(24(2)3)18(28)14(20(23)30)22(31)21(13,32-22)19(12)29/h4-7,10,13,15,17,25-28,31H,1-3H3,(H2,23,30). The molecule has 7 N–H and O–H groups in total. The lowest BCUT2D eigenvalue weighted by Crippen LogP contribution is -2.65. The summed E-state index contributed by atoms with van der Waals surface area (Å²) in [6.45, 7) is 1.75. The summed E-state index contributed by atoms with van der Waals surface area (Å²) in [5.41, 5.74) is 3.03. The van der Waals surface area contributed by atoms with E-state index in [-0.39, 0.29) is 16.9 Å². The van der Waals surface area contributed by atoms with Crippen molar-refractivity contribution in [3.8, 4) is 5.75 Å². The molecule has 0 radical (unpaired) electrons. The van der Waals surface area contributed by atoms with Gasteiger partial charge in [0.2, 0.25) is 11.6 Å². The summed E-state index contributed by atoms with van der Waals surface area (Å²) in [5, 5.41) is 55.0. The zero-order valence-corrected chi connectivity index (χ0v) is 17.6. The normalized spacial score (nSPS) is 39.9. The number of ketones is 1. The summed E-state index contributed by atoms with van der Waals surface area (Å²) in [4.78, 5) is 27.5. The van der Waals surface area contributed by atoms with E-state index in [4.69, 9.17) is 10.5 Å². The third kappa shape index (κ3) is 2.08. The summed E-state index contributed by atoms with van der Waals surface area (Å²) in [6, 6.07) is 3.58. The molecule has 0 aromatic heterocycles. The van der Waals surface area contributed by atoms with Gasteiger partial charge < -0.3 is 36.0 Å². The summed E-state index contributed by atoms with van der Waals surface area (Å²) >= 11 is 0. The molecule has 1 aliphatic heterocycles. The van der Waals surface area contributed by atoms with Crippen LogP contribution < -0.4 is 5.73 Å². The molecule has 1 aromatic carbocycles. The topological polar surface area (TPSA) is 177 Å². The number of aliphatic hydroxyl groups excluding tert-OH is 3. The fraction of sp³-hybridized carbons (Fsp3) is 0.455. The Morgan fingerprint density at radius 3 is 2.47 bits per heavy atom. The number of amides is 1. The van der Waals surface area contributed by atoms with Crippen molar-refractivity contribution in [1.29, 1.82) is 0 Å². The molecule has 7 unspecified atom stereocenters. The van der Waals surface area contributed by atoms with Crippen molar-refractivity contribution in [2.45, 2.75) is 36.4 Å². The molecule has 0 bridgehead atoms. The first kappa shape index (κ1) is 21.0. The van der Waals surface area contributed by atoms with Gasteiger partial charge in [-0.05, 0) is 31.6 Å². The van der Waals surface area contributed by atoms with Crippen LogP contribution in [0.15, 0.2) is 35.1 Å². The Bertz CT molecular complexity index is 1160. The number of primary amides is 1. The van der Waals surface area contributed by atoms with Crippen LogP contribution in [0.2, 0.25) is 0 Å². The van der Waals surface area contributed by atoms with Gasteiger partial charge in [0.25, 0.3) is 5.91 Å². The highest BCUT2D eigenvalue weighted by Gasteiger charge is 2.87. The van der Waals surface area contributed by atoms with Crippen LogP contribution in [-0.2, 0) is 14.3 Å². The summed E-state index contributed by atoms with van der Waals surface area (Å²) in [5.74, 6) is -8.45. The number of carbonyl (C=O) groups is 2. The van der Waals surface area contributed by atoms with Crippen LogP contribution in [0.1, 0.15) is 24.0 Å². The van der Waals surface area contributed by atoms with Crippen molar-refractivity contribution in [2.75, 3.05) is 14.1 Å². The zero-order chi connectivity index (χ0) is 23.5. The molecule has 170 valence electrons. The van der Waals surface area contributed by atoms with Gasteiger partial charge in [-0.1, -0.05) is 19.1 Å². The molecule has 2 fully saturated rings. The number of ether oxygens (including phenoxy) is 1. The first-order valence-corrected chi connectivity index (χ1v) is 10.2. The van der Waals surface area contributed by atoms with Gasteiger partial charge in [0.05, 0.1) is 23.6 Å². The number of fused-ring (bicyclic) bond motifs is 2. The van der Waals surface area contributed by atoms with E-state index in [9.17, 15) is 35.1 Å². The third-order valence-electron chi connectivity index (χ3n) is 7.50. The second-order valence-corrected chi connectivity index (χ2v) is 9.18. The molecule has 4 aliphatic rings. The van der Waals surface area contributed by atoms with E-state index < -0.39 is 70.1 Å². The van der Waals surface area contributed by atoms with E-state index in [1.165, 1.54) is 11.0 Å². The van der Waals surface area contributed by atoms with Crippen molar-refractivity contribution < 1.29 is 39.9 Å². The molecule has 1 amide bonds. The monoisotopic (exact) mass is 444 g/mol. The number of benzene rings is 1. The van der Waals surface area contributed by atoms with Crippen LogP contribution in [0, 0.1) is 11.8 Å².